The number of aromatic amines is 1. The highest BCUT2D eigenvalue weighted by atomic mass is 35.5. The first-order valence-corrected chi connectivity index (χ1v) is 13.0. The Kier molecular flexibility index (Phi) is 6.70. The minimum absolute atomic E-state index is 0.00143. The van der Waals surface area contributed by atoms with Crippen molar-refractivity contribution in [2.45, 2.75) is 25.9 Å². The van der Waals surface area contributed by atoms with E-state index in [9.17, 15) is 18.0 Å². The number of carbonyl (C=O) groups excluding carboxylic acids is 2. The Morgan fingerprint density at radius 3 is 2.58 bits per heavy atom. The number of H-pyrrole nitrogens is 1. The number of ether oxygens (including phenoxy) is 1. The smallest absolute Gasteiger partial charge is 0.355 e. The van der Waals surface area contributed by atoms with Crippen molar-refractivity contribution in [2.75, 3.05) is 18.1 Å². The van der Waals surface area contributed by atoms with Gasteiger partial charge in [0, 0.05) is 23.5 Å². The van der Waals surface area contributed by atoms with Crippen LogP contribution in [0.4, 0.5) is 0 Å². The van der Waals surface area contributed by atoms with Gasteiger partial charge in [-0.05, 0) is 37.1 Å². The molecular weight excluding hydrogens is 487 g/mol. The molecule has 1 aliphatic rings. The molecule has 1 atom stereocenters. The third kappa shape index (κ3) is 4.88. The maximum Gasteiger partial charge on any atom is 0.355 e. The molecule has 1 N–H and O–H groups in total. The van der Waals surface area contributed by atoms with Crippen molar-refractivity contribution in [1.82, 2.24) is 9.88 Å². The van der Waals surface area contributed by atoms with Crippen molar-refractivity contribution in [3.8, 4) is 0 Å². The zero-order valence-corrected chi connectivity index (χ0v) is 20.1. The molecule has 4 rings (SSSR count). The lowest BCUT2D eigenvalue weighted by Crippen LogP contribution is -2.41. The van der Waals surface area contributed by atoms with E-state index in [2.05, 4.69) is 4.98 Å². The van der Waals surface area contributed by atoms with Gasteiger partial charge in [-0.15, -0.1) is 0 Å². The molecule has 33 heavy (non-hydrogen) atoms. The van der Waals surface area contributed by atoms with Crippen molar-refractivity contribution < 1.29 is 22.7 Å². The third-order valence-electron chi connectivity index (χ3n) is 5.65. The number of hydrogen-bond acceptors (Lipinski definition) is 5. The summed E-state index contributed by atoms with van der Waals surface area (Å²) < 4.78 is 29.6. The quantitative estimate of drug-likeness (QED) is 0.495. The van der Waals surface area contributed by atoms with Gasteiger partial charge >= 0.3 is 5.97 Å². The topological polar surface area (TPSA) is 96.5 Å². The molecule has 0 radical (unpaired) electrons. The van der Waals surface area contributed by atoms with Crippen LogP contribution in [-0.4, -0.2) is 54.3 Å². The van der Waals surface area contributed by atoms with Gasteiger partial charge in [-0.1, -0.05) is 47.5 Å². The molecule has 2 heterocycles. The van der Waals surface area contributed by atoms with Gasteiger partial charge in [0.25, 0.3) is 5.91 Å². The first kappa shape index (κ1) is 23.6. The zero-order valence-electron chi connectivity index (χ0n) is 17.8. The van der Waals surface area contributed by atoms with E-state index in [0.29, 0.717) is 32.9 Å². The number of carbonyl (C=O) groups is 2. The highest BCUT2D eigenvalue weighted by Crippen LogP contribution is 2.30. The Morgan fingerprint density at radius 2 is 1.91 bits per heavy atom. The Bertz CT molecular complexity index is 1340. The summed E-state index contributed by atoms with van der Waals surface area (Å²) >= 11 is 12.2. The minimum atomic E-state index is -3.27. The summed E-state index contributed by atoms with van der Waals surface area (Å²) in [6.07, 6.45) is 0.312. The zero-order chi connectivity index (χ0) is 23.8. The lowest BCUT2D eigenvalue weighted by atomic mass is 10.1. The van der Waals surface area contributed by atoms with Crippen molar-refractivity contribution in [3.05, 3.63) is 69.3 Å². The molecule has 1 aliphatic heterocycles. The van der Waals surface area contributed by atoms with Crippen molar-refractivity contribution >= 4 is 55.8 Å². The van der Waals surface area contributed by atoms with Gasteiger partial charge in [0.1, 0.15) is 5.69 Å². The van der Waals surface area contributed by atoms with Gasteiger partial charge in [0.2, 0.25) is 0 Å². The molecule has 1 amide bonds. The number of halogens is 2. The van der Waals surface area contributed by atoms with Crippen molar-refractivity contribution in [3.63, 3.8) is 0 Å². The van der Waals surface area contributed by atoms with Crippen molar-refractivity contribution in [2.24, 2.45) is 0 Å². The molecule has 1 saturated heterocycles. The second-order valence-corrected chi connectivity index (χ2v) is 10.9. The van der Waals surface area contributed by atoms with Gasteiger partial charge in [-0.2, -0.15) is 0 Å². The SMILES string of the molecule is CCOC(=O)c1[nH]c2ccccc2c1C(=O)N(Cc1ccc(Cl)c(Cl)c1)C1CCS(=O)(=O)C1. The van der Waals surface area contributed by atoms with E-state index >= 15 is 0 Å². The number of amides is 1. The number of rotatable bonds is 6. The van der Waals surface area contributed by atoms with Crippen LogP contribution >= 0.6 is 23.2 Å². The Morgan fingerprint density at radius 1 is 1.15 bits per heavy atom. The first-order chi connectivity index (χ1) is 15.7. The van der Waals surface area contributed by atoms with Gasteiger partial charge in [-0.3, -0.25) is 4.79 Å². The van der Waals surface area contributed by atoms with E-state index in [4.69, 9.17) is 27.9 Å². The van der Waals surface area contributed by atoms with Crippen LogP contribution in [0, 0.1) is 0 Å². The number of sulfone groups is 1. The molecule has 174 valence electrons. The van der Waals surface area contributed by atoms with E-state index in [-0.39, 0.29) is 35.9 Å². The summed E-state index contributed by atoms with van der Waals surface area (Å²) in [5.41, 5.74) is 1.51. The molecule has 2 aromatic carbocycles. The standard InChI is InChI=1S/C23H22Cl2N2O5S/c1-2-32-23(29)21-20(16-5-3-4-6-19(16)26-21)22(28)27(15-9-10-33(30,31)13-15)12-14-7-8-17(24)18(25)11-14/h3-8,11,15,26H,2,9-10,12-13H2,1H3. The number of fused-ring (bicyclic) bond motifs is 1. The van der Waals surface area contributed by atoms with Crippen LogP contribution in [0.15, 0.2) is 42.5 Å². The number of hydrogen-bond donors (Lipinski definition) is 1. The second kappa shape index (κ2) is 9.37. The normalized spacial score (nSPS) is 17.2. The summed E-state index contributed by atoms with van der Waals surface area (Å²) in [5.74, 6) is -1.24. The molecule has 0 saturated carbocycles. The number of nitrogens with one attached hydrogen (secondary N) is 1. The predicted molar refractivity (Wildman–Crippen MR) is 128 cm³/mol. The van der Waals surface area contributed by atoms with Crippen LogP contribution in [0.5, 0.6) is 0 Å². The maximum absolute atomic E-state index is 13.9. The molecule has 1 aromatic heterocycles. The predicted octanol–water partition coefficient (Wildman–Crippen LogP) is 4.48. The summed E-state index contributed by atoms with van der Waals surface area (Å²) in [6.45, 7) is 1.94. The molecule has 10 heteroatoms. The molecule has 3 aromatic rings. The molecule has 0 bridgehead atoms. The van der Waals surface area contributed by atoms with Crippen LogP contribution in [-0.2, 0) is 21.1 Å². The summed E-state index contributed by atoms with van der Waals surface area (Å²) in [4.78, 5) is 31.1. The summed E-state index contributed by atoms with van der Waals surface area (Å²) in [7, 11) is -3.27. The fourth-order valence-corrected chi connectivity index (χ4v) is 6.14. The lowest BCUT2D eigenvalue weighted by molar-refractivity contribution is 0.0509. The molecule has 0 aliphatic carbocycles. The fourth-order valence-electron chi connectivity index (χ4n) is 4.09. The summed E-state index contributed by atoms with van der Waals surface area (Å²) in [5, 5.41) is 1.27. The average molecular weight is 509 g/mol. The van der Waals surface area contributed by atoms with E-state index < -0.39 is 27.8 Å². The largest absolute Gasteiger partial charge is 0.461 e. The van der Waals surface area contributed by atoms with E-state index in [1.807, 2.05) is 0 Å². The average Bonchev–Trinajstić information content (AvgIpc) is 3.34. The van der Waals surface area contributed by atoms with Gasteiger partial charge in [0.15, 0.2) is 9.84 Å². The van der Waals surface area contributed by atoms with Crippen LogP contribution in [0.1, 0.15) is 39.8 Å². The summed E-state index contributed by atoms with van der Waals surface area (Å²) in [6, 6.07) is 11.5. The number of esters is 1. The Hall–Kier alpha value is -2.55. The Balaban J connectivity index is 1.81. The number of aromatic nitrogens is 1. The molecule has 1 unspecified atom stereocenters. The highest BCUT2D eigenvalue weighted by molar-refractivity contribution is 7.91. The van der Waals surface area contributed by atoms with Crippen molar-refractivity contribution in [1.29, 1.82) is 0 Å². The first-order valence-electron chi connectivity index (χ1n) is 10.4. The van der Waals surface area contributed by atoms with Gasteiger partial charge in [0.05, 0.1) is 33.7 Å². The number of nitrogens with zero attached hydrogens (tertiary/aromatic N) is 1. The fraction of sp³-hybridized carbons (Fsp3) is 0.304. The molecule has 0 spiro atoms. The molecule has 7 nitrogen and oxygen atoms in total. The van der Waals surface area contributed by atoms with Crippen LogP contribution in [0.25, 0.3) is 10.9 Å². The molecule has 1 fully saturated rings. The van der Waals surface area contributed by atoms with E-state index in [1.165, 1.54) is 4.90 Å². The molecular formula is C23H22Cl2N2O5S. The van der Waals surface area contributed by atoms with Crippen LogP contribution in [0.3, 0.4) is 0 Å². The monoisotopic (exact) mass is 508 g/mol. The van der Waals surface area contributed by atoms with Gasteiger partial charge < -0.3 is 14.6 Å². The number of benzene rings is 2. The third-order valence-corrected chi connectivity index (χ3v) is 8.14. The van der Waals surface area contributed by atoms with E-state index in [0.717, 1.165) is 0 Å². The minimum Gasteiger partial charge on any atom is -0.461 e. The highest BCUT2D eigenvalue weighted by Gasteiger charge is 2.37. The maximum atomic E-state index is 13.9. The number of para-hydroxylation sites is 1. The second-order valence-electron chi connectivity index (χ2n) is 7.88. The lowest BCUT2D eigenvalue weighted by Gasteiger charge is -2.29. The van der Waals surface area contributed by atoms with Crippen LogP contribution < -0.4 is 0 Å². The van der Waals surface area contributed by atoms with E-state index in [1.54, 1.807) is 49.4 Å². The van der Waals surface area contributed by atoms with Gasteiger partial charge in [-0.25, -0.2) is 13.2 Å². The van der Waals surface area contributed by atoms with Crippen LogP contribution in [0.2, 0.25) is 10.0 Å². The Labute approximate surface area is 201 Å².